The first-order valence-corrected chi connectivity index (χ1v) is 4.63. The van der Waals surface area contributed by atoms with Gasteiger partial charge in [-0.1, -0.05) is 13.8 Å². The Kier molecular flexibility index (Phi) is 3.37. The Labute approximate surface area is 79.6 Å². The molecular weight excluding hydrogens is 162 g/mol. The molecule has 1 heterocycles. The Morgan fingerprint density at radius 3 is 2.62 bits per heavy atom. The highest BCUT2D eigenvalue weighted by molar-refractivity contribution is 5.19. The predicted octanol–water partition coefficient (Wildman–Crippen LogP) is 1.59. The fourth-order valence-electron chi connectivity index (χ4n) is 1.10. The molecule has 1 N–H and O–H groups in total. The Bertz CT molecular complexity index is 281. The highest BCUT2D eigenvalue weighted by atomic mass is 15.1. The summed E-state index contributed by atoms with van der Waals surface area (Å²) in [5.41, 5.74) is 3.23. The minimum absolute atomic E-state index is 0.507. The lowest BCUT2D eigenvalue weighted by Gasteiger charge is -2.09. The van der Waals surface area contributed by atoms with Crippen LogP contribution in [0.1, 0.15) is 30.8 Å². The van der Waals surface area contributed by atoms with E-state index in [1.165, 1.54) is 5.56 Å². The van der Waals surface area contributed by atoms with Gasteiger partial charge >= 0.3 is 0 Å². The molecule has 0 spiro atoms. The smallest absolute Gasteiger partial charge is 0.0645 e. The summed E-state index contributed by atoms with van der Waals surface area (Å²) in [6.45, 7) is 9.10. The minimum Gasteiger partial charge on any atom is -0.310 e. The zero-order valence-electron chi connectivity index (χ0n) is 8.76. The van der Waals surface area contributed by atoms with Crippen LogP contribution in [0.5, 0.6) is 0 Å². The monoisotopic (exact) mass is 179 g/mol. The van der Waals surface area contributed by atoms with Crippen LogP contribution in [0.15, 0.2) is 6.07 Å². The van der Waals surface area contributed by atoms with Crippen molar-refractivity contribution in [1.82, 2.24) is 15.5 Å². The lowest BCUT2D eigenvalue weighted by molar-refractivity contribution is 0.584. The molecular formula is C10H17N3. The van der Waals surface area contributed by atoms with E-state index in [0.717, 1.165) is 17.9 Å². The van der Waals surface area contributed by atoms with Crippen molar-refractivity contribution in [3.8, 4) is 0 Å². The van der Waals surface area contributed by atoms with Crippen LogP contribution >= 0.6 is 0 Å². The third-order valence-electron chi connectivity index (χ3n) is 1.91. The molecule has 1 aromatic heterocycles. The molecule has 0 aromatic carbocycles. The third-order valence-corrected chi connectivity index (χ3v) is 1.91. The van der Waals surface area contributed by atoms with Gasteiger partial charge in [-0.25, -0.2) is 0 Å². The van der Waals surface area contributed by atoms with E-state index in [9.17, 15) is 0 Å². The van der Waals surface area contributed by atoms with Gasteiger partial charge in [0.25, 0.3) is 0 Å². The molecule has 0 aliphatic rings. The van der Waals surface area contributed by atoms with Crippen LogP contribution in [-0.2, 0) is 6.54 Å². The summed E-state index contributed by atoms with van der Waals surface area (Å²) in [6, 6.07) is 2.59. The largest absolute Gasteiger partial charge is 0.310 e. The van der Waals surface area contributed by atoms with Gasteiger partial charge in [-0.2, -0.15) is 10.2 Å². The summed E-state index contributed by atoms with van der Waals surface area (Å²) in [7, 11) is 0. The van der Waals surface area contributed by atoms with Gasteiger partial charge in [0.1, 0.15) is 0 Å². The third kappa shape index (κ3) is 3.11. The van der Waals surface area contributed by atoms with Crippen molar-refractivity contribution < 1.29 is 0 Å². The highest BCUT2D eigenvalue weighted by Gasteiger charge is 2.01. The van der Waals surface area contributed by atoms with E-state index in [1.54, 1.807) is 0 Å². The standard InChI is InChI=1S/C10H17N3/c1-7(2)11-6-10-5-8(3)12-13-9(10)4/h5,7,11H,6H2,1-4H3. The van der Waals surface area contributed by atoms with Crippen LogP contribution in [0, 0.1) is 13.8 Å². The zero-order chi connectivity index (χ0) is 9.84. The normalized spacial score (nSPS) is 10.8. The van der Waals surface area contributed by atoms with E-state index < -0.39 is 0 Å². The second kappa shape index (κ2) is 4.33. The van der Waals surface area contributed by atoms with Gasteiger partial charge in [-0.05, 0) is 25.5 Å². The number of nitrogens with zero attached hydrogens (tertiary/aromatic N) is 2. The molecule has 1 rings (SSSR count). The molecule has 13 heavy (non-hydrogen) atoms. The maximum Gasteiger partial charge on any atom is 0.0645 e. The average Bonchev–Trinajstić information content (AvgIpc) is 2.06. The number of hydrogen-bond donors (Lipinski definition) is 1. The minimum atomic E-state index is 0.507. The van der Waals surface area contributed by atoms with Gasteiger partial charge in [0.15, 0.2) is 0 Å². The molecule has 0 bridgehead atoms. The first kappa shape index (κ1) is 10.1. The molecule has 0 unspecified atom stereocenters. The fourth-order valence-corrected chi connectivity index (χ4v) is 1.10. The Morgan fingerprint density at radius 2 is 2.00 bits per heavy atom. The summed E-state index contributed by atoms with van der Waals surface area (Å²) >= 11 is 0. The quantitative estimate of drug-likeness (QED) is 0.765. The maximum atomic E-state index is 4.07. The maximum absolute atomic E-state index is 4.07. The van der Waals surface area contributed by atoms with Gasteiger partial charge in [0, 0.05) is 12.6 Å². The molecule has 0 fully saturated rings. The molecule has 0 saturated carbocycles. The van der Waals surface area contributed by atoms with E-state index in [-0.39, 0.29) is 0 Å². The number of nitrogens with one attached hydrogen (secondary N) is 1. The summed E-state index contributed by atoms with van der Waals surface area (Å²) in [5, 5.41) is 11.4. The van der Waals surface area contributed by atoms with Crippen molar-refractivity contribution in [2.24, 2.45) is 0 Å². The molecule has 0 aliphatic heterocycles. The van der Waals surface area contributed by atoms with Crippen molar-refractivity contribution in [2.45, 2.75) is 40.3 Å². The van der Waals surface area contributed by atoms with Crippen LogP contribution in [0.2, 0.25) is 0 Å². The van der Waals surface area contributed by atoms with E-state index in [0.29, 0.717) is 6.04 Å². The van der Waals surface area contributed by atoms with E-state index in [1.807, 2.05) is 13.8 Å². The first-order valence-electron chi connectivity index (χ1n) is 4.63. The Balaban J connectivity index is 2.70. The predicted molar refractivity (Wildman–Crippen MR) is 53.5 cm³/mol. The first-order chi connectivity index (χ1) is 6.09. The number of aryl methyl sites for hydroxylation is 2. The van der Waals surface area contributed by atoms with Crippen molar-refractivity contribution in [1.29, 1.82) is 0 Å². The molecule has 0 atom stereocenters. The topological polar surface area (TPSA) is 37.8 Å². The molecule has 0 amide bonds. The SMILES string of the molecule is Cc1cc(CNC(C)C)c(C)nn1. The second-order valence-corrected chi connectivity index (χ2v) is 3.63. The Hall–Kier alpha value is -0.960. The van der Waals surface area contributed by atoms with Crippen LogP contribution in [-0.4, -0.2) is 16.2 Å². The molecule has 72 valence electrons. The fraction of sp³-hybridized carbons (Fsp3) is 0.600. The van der Waals surface area contributed by atoms with Gasteiger partial charge in [0.2, 0.25) is 0 Å². The molecule has 0 saturated heterocycles. The Morgan fingerprint density at radius 1 is 1.31 bits per heavy atom. The summed E-state index contributed by atoms with van der Waals surface area (Å²) in [5.74, 6) is 0. The molecule has 0 radical (unpaired) electrons. The van der Waals surface area contributed by atoms with Crippen molar-refractivity contribution in [2.75, 3.05) is 0 Å². The number of aromatic nitrogens is 2. The van der Waals surface area contributed by atoms with Crippen LogP contribution in [0.25, 0.3) is 0 Å². The summed E-state index contributed by atoms with van der Waals surface area (Å²) in [4.78, 5) is 0. The highest BCUT2D eigenvalue weighted by Crippen LogP contribution is 2.04. The lowest BCUT2D eigenvalue weighted by Crippen LogP contribution is -2.22. The number of rotatable bonds is 3. The number of hydrogen-bond acceptors (Lipinski definition) is 3. The van der Waals surface area contributed by atoms with Gasteiger partial charge in [0.05, 0.1) is 11.4 Å². The van der Waals surface area contributed by atoms with Crippen LogP contribution < -0.4 is 5.32 Å². The molecule has 3 nitrogen and oxygen atoms in total. The lowest BCUT2D eigenvalue weighted by atomic mass is 10.2. The van der Waals surface area contributed by atoms with Crippen LogP contribution in [0.4, 0.5) is 0 Å². The van der Waals surface area contributed by atoms with Crippen molar-refractivity contribution in [3.63, 3.8) is 0 Å². The summed E-state index contributed by atoms with van der Waals surface area (Å²) in [6.07, 6.45) is 0. The van der Waals surface area contributed by atoms with E-state index >= 15 is 0 Å². The molecule has 1 aromatic rings. The van der Waals surface area contributed by atoms with E-state index in [2.05, 4.69) is 35.4 Å². The average molecular weight is 179 g/mol. The zero-order valence-corrected chi connectivity index (χ0v) is 8.76. The molecule has 0 aliphatic carbocycles. The van der Waals surface area contributed by atoms with E-state index in [4.69, 9.17) is 0 Å². The van der Waals surface area contributed by atoms with Crippen molar-refractivity contribution >= 4 is 0 Å². The second-order valence-electron chi connectivity index (χ2n) is 3.63. The van der Waals surface area contributed by atoms with Gasteiger partial charge in [-0.3, -0.25) is 0 Å². The van der Waals surface area contributed by atoms with Crippen molar-refractivity contribution in [3.05, 3.63) is 23.0 Å². The van der Waals surface area contributed by atoms with Crippen LogP contribution in [0.3, 0.4) is 0 Å². The molecule has 3 heteroatoms. The summed E-state index contributed by atoms with van der Waals surface area (Å²) < 4.78 is 0. The van der Waals surface area contributed by atoms with Gasteiger partial charge < -0.3 is 5.32 Å². The van der Waals surface area contributed by atoms with Gasteiger partial charge in [-0.15, -0.1) is 0 Å².